The van der Waals surface area contributed by atoms with Crippen molar-refractivity contribution in [3.05, 3.63) is 38.8 Å². The monoisotopic (exact) mass is 308 g/mol. The third-order valence-electron chi connectivity index (χ3n) is 1.58. The maximum Gasteiger partial charge on any atom is 0.150 e. The lowest BCUT2D eigenvalue weighted by molar-refractivity contribution is 0.112. The van der Waals surface area contributed by atoms with Crippen LogP contribution in [0.5, 0.6) is 5.75 Å². The largest absolute Gasteiger partial charge is 0.487 e. The molecule has 1 aromatic rings. The van der Waals surface area contributed by atoms with E-state index in [9.17, 15) is 4.79 Å². The third kappa shape index (κ3) is 3.86. The summed E-state index contributed by atoms with van der Waals surface area (Å²) in [6.07, 6.45) is 0.764. The van der Waals surface area contributed by atoms with Crippen molar-refractivity contribution >= 4 is 45.4 Å². The number of ether oxygens (including phenoxy) is 1. The molecule has 0 aliphatic heterocycles. The molecule has 0 aliphatic rings. The molecule has 0 atom stereocenters. The van der Waals surface area contributed by atoms with Crippen LogP contribution in [0.25, 0.3) is 0 Å². The molecule has 0 N–H and O–H groups in total. The quantitative estimate of drug-likeness (QED) is 0.787. The van der Waals surface area contributed by atoms with Crippen LogP contribution in [0, 0.1) is 0 Å². The summed E-state index contributed by atoms with van der Waals surface area (Å²) in [5, 5.41) is 0.406. The van der Waals surface area contributed by atoms with E-state index >= 15 is 0 Å². The van der Waals surface area contributed by atoms with E-state index in [0.29, 0.717) is 20.8 Å². The molecule has 15 heavy (non-hydrogen) atoms. The first kappa shape index (κ1) is 12.6. The van der Waals surface area contributed by atoms with Gasteiger partial charge in [0.2, 0.25) is 0 Å². The van der Waals surface area contributed by atoms with Crippen LogP contribution in [0.3, 0.4) is 0 Å². The fraction of sp³-hybridized carbons (Fsp3) is 0.100. The van der Waals surface area contributed by atoms with Crippen molar-refractivity contribution in [1.29, 1.82) is 0 Å². The predicted octanol–water partition coefficient (Wildman–Crippen LogP) is 3.96. The first-order valence-corrected chi connectivity index (χ1v) is 5.60. The van der Waals surface area contributed by atoms with E-state index in [1.807, 2.05) is 0 Å². The summed E-state index contributed by atoms with van der Waals surface area (Å²) >= 11 is 14.3. The molecule has 5 heteroatoms. The van der Waals surface area contributed by atoms with E-state index in [4.69, 9.17) is 27.9 Å². The standard InChI is InChI=1S/C10H7BrCl2O2/c11-9-3-7(5-14)1-2-10(9)15-6-8(13)4-12/h1-5H,6H2. The zero-order chi connectivity index (χ0) is 11.3. The van der Waals surface area contributed by atoms with Crippen molar-refractivity contribution in [1.82, 2.24) is 0 Å². The minimum atomic E-state index is 0.199. The zero-order valence-electron chi connectivity index (χ0n) is 7.54. The van der Waals surface area contributed by atoms with Crippen LogP contribution in [0.15, 0.2) is 33.2 Å². The highest BCUT2D eigenvalue weighted by Gasteiger charge is 2.02. The molecule has 0 saturated heterocycles. The van der Waals surface area contributed by atoms with Crippen molar-refractivity contribution in [2.45, 2.75) is 0 Å². The van der Waals surface area contributed by atoms with Crippen LogP contribution < -0.4 is 4.74 Å². The molecule has 1 aromatic carbocycles. The van der Waals surface area contributed by atoms with Gasteiger partial charge in [-0.2, -0.15) is 0 Å². The van der Waals surface area contributed by atoms with Crippen LogP contribution in [0.2, 0.25) is 0 Å². The second-order valence-corrected chi connectivity index (χ2v) is 4.21. The summed E-state index contributed by atoms with van der Waals surface area (Å²) in [7, 11) is 0. The Kier molecular flexibility index (Phi) is 5.15. The highest BCUT2D eigenvalue weighted by Crippen LogP contribution is 2.26. The van der Waals surface area contributed by atoms with E-state index in [1.54, 1.807) is 18.2 Å². The Bertz CT molecular complexity index is 391. The lowest BCUT2D eigenvalue weighted by Gasteiger charge is -2.07. The zero-order valence-corrected chi connectivity index (χ0v) is 10.6. The molecular weight excluding hydrogens is 303 g/mol. The molecule has 0 aliphatic carbocycles. The predicted molar refractivity (Wildman–Crippen MR) is 64.8 cm³/mol. The van der Waals surface area contributed by atoms with E-state index in [1.165, 1.54) is 5.54 Å². The number of rotatable bonds is 4. The molecule has 0 saturated carbocycles. The van der Waals surface area contributed by atoms with Crippen LogP contribution in [-0.2, 0) is 0 Å². The van der Waals surface area contributed by atoms with E-state index in [-0.39, 0.29) is 6.61 Å². The summed E-state index contributed by atoms with van der Waals surface area (Å²) in [6.45, 7) is 0.199. The summed E-state index contributed by atoms with van der Waals surface area (Å²) in [5.74, 6) is 0.609. The van der Waals surface area contributed by atoms with Gasteiger partial charge in [-0.3, -0.25) is 4.79 Å². The maximum atomic E-state index is 10.5. The molecule has 0 spiro atoms. The Morgan fingerprint density at radius 3 is 2.80 bits per heavy atom. The van der Waals surface area contributed by atoms with Crippen LogP contribution >= 0.6 is 39.1 Å². The Labute approximate surface area is 106 Å². The fourth-order valence-electron chi connectivity index (χ4n) is 0.886. The molecule has 0 unspecified atom stereocenters. The molecule has 0 fully saturated rings. The van der Waals surface area contributed by atoms with Gasteiger partial charge in [0.05, 0.1) is 9.51 Å². The van der Waals surface area contributed by atoms with Crippen molar-refractivity contribution in [2.24, 2.45) is 0 Å². The normalized spacial score (nSPS) is 11.3. The third-order valence-corrected chi connectivity index (χ3v) is 2.79. The molecular formula is C10H7BrCl2O2. The van der Waals surface area contributed by atoms with Crippen LogP contribution in [-0.4, -0.2) is 12.9 Å². The van der Waals surface area contributed by atoms with Crippen molar-refractivity contribution in [2.75, 3.05) is 6.61 Å². The average Bonchev–Trinajstić information content (AvgIpc) is 2.26. The van der Waals surface area contributed by atoms with Gasteiger partial charge in [-0.05, 0) is 34.1 Å². The maximum absolute atomic E-state index is 10.5. The van der Waals surface area contributed by atoms with Crippen molar-refractivity contribution in [3.8, 4) is 5.75 Å². The van der Waals surface area contributed by atoms with Gasteiger partial charge in [0, 0.05) is 11.1 Å². The van der Waals surface area contributed by atoms with Gasteiger partial charge in [-0.15, -0.1) is 0 Å². The van der Waals surface area contributed by atoms with E-state index in [2.05, 4.69) is 15.9 Å². The summed E-state index contributed by atoms with van der Waals surface area (Å²) in [4.78, 5) is 10.5. The SMILES string of the molecule is O=Cc1ccc(OCC(Cl)=CCl)c(Br)c1. The summed E-state index contributed by atoms with van der Waals surface area (Å²) in [5.41, 5.74) is 1.82. The molecule has 2 nitrogen and oxygen atoms in total. The lowest BCUT2D eigenvalue weighted by Crippen LogP contribution is -1.97. The number of halogens is 3. The molecule has 80 valence electrons. The van der Waals surface area contributed by atoms with E-state index < -0.39 is 0 Å². The van der Waals surface area contributed by atoms with E-state index in [0.717, 1.165) is 6.29 Å². The first-order chi connectivity index (χ1) is 7.17. The highest BCUT2D eigenvalue weighted by atomic mass is 79.9. The number of carbonyl (C=O) groups excluding carboxylic acids is 1. The van der Waals surface area contributed by atoms with Crippen molar-refractivity contribution < 1.29 is 9.53 Å². The Balaban J connectivity index is 2.74. The van der Waals surface area contributed by atoms with Gasteiger partial charge in [-0.25, -0.2) is 0 Å². The summed E-state index contributed by atoms with van der Waals surface area (Å²) in [6, 6.07) is 5.01. The molecule has 0 aromatic heterocycles. The molecule has 0 radical (unpaired) electrons. The number of carbonyl (C=O) groups is 1. The molecule has 0 amide bonds. The van der Waals surface area contributed by atoms with Crippen molar-refractivity contribution in [3.63, 3.8) is 0 Å². The second-order valence-electron chi connectivity index (χ2n) is 2.65. The Morgan fingerprint density at radius 1 is 1.53 bits per heavy atom. The van der Waals surface area contributed by atoms with Gasteiger partial charge in [0.1, 0.15) is 18.6 Å². The second kappa shape index (κ2) is 6.16. The summed E-state index contributed by atoms with van der Waals surface area (Å²) < 4.78 is 6.04. The minimum Gasteiger partial charge on any atom is -0.487 e. The van der Waals surface area contributed by atoms with Crippen LogP contribution in [0.4, 0.5) is 0 Å². The first-order valence-electron chi connectivity index (χ1n) is 3.99. The van der Waals surface area contributed by atoms with Gasteiger partial charge < -0.3 is 4.74 Å². The van der Waals surface area contributed by atoms with Crippen LogP contribution in [0.1, 0.15) is 10.4 Å². The molecule has 1 rings (SSSR count). The number of benzene rings is 1. The number of hydrogen-bond donors (Lipinski definition) is 0. The smallest absolute Gasteiger partial charge is 0.150 e. The minimum absolute atomic E-state index is 0.199. The van der Waals surface area contributed by atoms with Gasteiger partial charge in [-0.1, -0.05) is 23.2 Å². The average molecular weight is 310 g/mol. The number of aldehydes is 1. The topological polar surface area (TPSA) is 26.3 Å². The van der Waals surface area contributed by atoms with Gasteiger partial charge in [0.15, 0.2) is 0 Å². The molecule has 0 heterocycles. The lowest BCUT2D eigenvalue weighted by atomic mass is 10.2. The Morgan fingerprint density at radius 2 is 2.27 bits per heavy atom. The molecule has 0 bridgehead atoms. The van der Waals surface area contributed by atoms with Gasteiger partial charge >= 0.3 is 0 Å². The highest BCUT2D eigenvalue weighted by molar-refractivity contribution is 9.10. The Hall–Kier alpha value is -0.510. The number of hydrogen-bond acceptors (Lipinski definition) is 2. The van der Waals surface area contributed by atoms with Gasteiger partial charge in [0.25, 0.3) is 0 Å². The fourth-order valence-corrected chi connectivity index (χ4v) is 1.51.